The summed E-state index contributed by atoms with van der Waals surface area (Å²) in [6.45, 7) is 4.71. The first kappa shape index (κ1) is 12.4. The summed E-state index contributed by atoms with van der Waals surface area (Å²) in [4.78, 5) is 0. The van der Waals surface area contributed by atoms with Crippen LogP contribution in [0.4, 0.5) is 4.39 Å². The minimum Gasteiger partial charge on any atom is -0.346 e. The Kier molecular flexibility index (Phi) is 3.40. The molecule has 0 spiro atoms. The summed E-state index contributed by atoms with van der Waals surface area (Å²) in [6.07, 6.45) is 2.90. The van der Waals surface area contributed by atoms with Gasteiger partial charge in [-0.05, 0) is 31.0 Å². The van der Waals surface area contributed by atoms with Crippen molar-refractivity contribution >= 4 is 22.5 Å². The SMILES string of the molecule is CCc1cn(CC(C)N)c2cc(Cl)c(F)cc12. The standard InChI is InChI=1S/C13H16ClFN2/c1-3-9-7-17(6-8(2)16)13-5-11(14)12(15)4-10(9)13/h4-5,7-8H,3,6,16H2,1-2H3. The normalized spacial score (nSPS) is 13.2. The van der Waals surface area contributed by atoms with Crippen molar-refractivity contribution in [3.63, 3.8) is 0 Å². The molecule has 0 aliphatic rings. The van der Waals surface area contributed by atoms with Crippen molar-refractivity contribution in [2.75, 3.05) is 0 Å². The van der Waals surface area contributed by atoms with Crippen LogP contribution in [0.1, 0.15) is 19.4 Å². The van der Waals surface area contributed by atoms with Crippen LogP contribution in [0.5, 0.6) is 0 Å². The lowest BCUT2D eigenvalue weighted by Gasteiger charge is -2.08. The van der Waals surface area contributed by atoms with E-state index in [4.69, 9.17) is 17.3 Å². The number of aromatic nitrogens is 1. The summed E-state index contributed by atoms with van der Waals surface area (Å²) < 4.78 is 15.5. The Morgan fingerprint density at radius 1 is 1.47 bits per heavy atom. The molecule has 1 unspecified atom stereocenters. The second-order valence-electron chi connectivity index (χ2n) is 4.42. The molecule has 2 N–H and O–H groups in total. The second-order valence-corrected chi connectivity index (χ2v) is 4.83. The minimum absolute atomic E-state index is 0.0548. The number of fused-ring (bicyclic) bond motifs is 1. The van der Waals surface area contributed by atoms with Gasteiger partial charge in [0, 0.05) is 24.2 Å². The van der Waals surface area contributed by atoms with E-state index in [1.807, 2.05) is 17.7 Å². The molecule has 1 aromatic carbocycles. The van der Waals surface area contributed by atoms with Crippen molar-refractivity contribution in [2.45, 2.75) is 32.9 Å². The number of nitrogens with zero attached hydrogens (tertiary/aromatic N) is 1. The monoisotopic (exact) mass is 254 g/mol. The third-order valence-corrected chi connectivity index (χ3v) is 3.16. The Morgan fingerprint density at radius 2 is 2.18 bits per heavy atom. The van der Waals surface area contributed by atoms with E-state index in [2.05, 4.69) is 6.92 Å². The first-order chi connectivity index (χ1) is 8.02. The van der Waals surface area contributed by atoms with Crippen LogP contribution in [0.2, 0.25) is 5.02 Å². The molecule has 4 heteroatoms. The van der Waals surface area contributed by atoms with Gasteiger partial charge in [0.2, 0.25) is 0 Å². The Hall–Kier alpha value is -1.06. The summed E-state index contributed by atoms with van der Waals surface area (Å²) in [5.41, 5.74) is 7.88. The van der Waals surface area contributed by atoms with E-state index in [0.717, 1.165) is 22.9 Å². The van der Waals surface area contributed by atoms with Crippen molar-refractivity contribution in [3.05, 3.63) is 34.7 Å². The van der Waals surface area contributed by atoms with Gasteiger partial charge in [-0.1, -0.05) is 18.5 Å². The van der Waals surface area contributed by atoms with Gasteiger partial charge in [0.25, 0.3) is 0 Å². The lowest BCUT2D eigenvalue weighted by atomic mass is 10.1. The van der Waals surface area contributed by atoms with Crippen LogP contribution >= 0.6 is 11.6 Å². The van der Waals surface area contributed by atoms with Crippen LogP contribution in [0.3, 0.4) is 0 Å². The van der Waals surface area contributed by atoms with Crippen molar-refractivity contribution in [3.8, 4) is 0 Å². The topological polar surface area (TPSA) is 30.9 Å². The summed E-state index contributed by atoms with van der Waals surface area (Å²) in [5.74, 6) is -0.368. The Balaban J connectivity index is 2.65. The molecule has 0 saturated carbocycles. The van der Waals surface area contributed by atoms with Gasteiger partial charge < -0.3 is 10.3 Å². The molecule has 1 atom stereocenters. The summed E-state index contributed by atoms with van der Waals surface area (Å²) in [5, 5.41) is 1.08. The molecule has 0 bridgehead atoms. The third kappa shape index (κ3) is 2.31. The lowest BCUT2D eigenvalue weighted by molar-refractivity contribution is 0.603. The number of hydrogen-bond donors (Lipinski definition) is 1. The van der Waals surface area contributed by atoms with Gasteiger partial charge in [-0.2, -0.15) is 0 Å². The largest absolute Gasteiger partial charge is 0.346 e. The highest BCUT2D eigenvalue weighted by atomic mass is 35.5. The van der Waals surface area contributed by atoms with Crippen LogP contribution in [0, 0.1) is 5.82 Å². The highest BCUT2D eigenvalue weighted by Gasteiger charge is 2.11. The zero-order valence-electron chi connectivity index (χ0n) is 10.0. The Morgan fingerprint density at radius 3 is 2.76 bits per heavy atom. The fourth-order valence-electron chi connectivity index (χ4n) is 2.10. The van der Waals surface area contributed by atoms with Crippen molar-refractivity contribution in [1.82, 2.24) is 4.57 Å². The van der Waals surface area contributed by atoms with Crippen LogP contribution in [0.25, 0.3) is 10.9 Å². The smallest absolute Gasteiger partial charge is 0.142 e. The highest BCUT2D eigenvalue weighted by Crippen LogP contribution is 2.27. The number of aryl methyl sites for hydroxylation is 1. The van der Waals surface area contributed by atoms with Gasteiger partial charge >= 0.3 is 0 Å². The highest BCUT2D eigenvalue weighted by molar-refractivity contribution is 6.31. The molecule has 1 heterocycles. The summed E-state index contributed by atoms with van der Waals surface area (Å²) in [7, 11) is 0. The predicted molar refractivity (Wildman–Crippen MR) is 69.9 cm³/mol. The van der Waals surface area contributed by atoms with E-state index in [1.165, 1.54) is 6.07 Å². The van der Waals surface area contributed by atoms with Gasteiger partial charge in [0.15, 0.2) is 0 Å². The van der Waals surface area contributed by atoms with E-state index >= 15 is 0 Å². The second kappa shape index (κ2) is 4.67. The maximum Gasteiger partial charge on any atom is 0.142 e. The van der Waals surface area contributed by atoms with Crippen LogP contribution in [-0.2, 0) is 13.0 Å². The zero-order chi connectivity index (χ0) is 12.6. The third-order valence-electron chi connectivity index (χ3n) is 2.87. The maximum absolute atomic E-state index is 13.5. The number of rotatable bonds is 3. The van der Waals surface area contributed by atoms with Crippen molar-refractivity contribution < 1.29 is 4.39 Å². The van der Waals surface area contributed by atoms with E-state index in [9.17, 15) is 4.39 Å². The molecule has 1 aromatic heterocycles. The number of nitrogens with two attached hydrogens (primary N) is 1. The molecule has 0 aliphatic carbocycles. The molecular weight excluding hydrogens is 239 g/mol. The van der Waals surface area contributed by atoms with Gasteiger partial charge in [-0.25, -0.2) is 4.39 Å². The molecule has 2 nitrogen and oxygen atoms in total. The first-order valence-corrected chi connectivity index (χ1v) is 6.13. The molecular formula is C13H16ClFN2. The fourth-order valence-corrected chi connectivity index (χ4v) is 2.26. The van der Waals surface area contributed by atoms with Gasteiger partial charge in [0.05, 0.1) is 10.5 Å². The van der Waals surface area contributed by atoms with Crippen molar-refractivity contribution in [2.24, 2.45) is 5.73 Å². The number of hydrogen-bond acceptors (Lipinski definition) is 1. The molecule has 2 rings (SSSR count). The average Bonchev–Trinajstić information content (AvgIpc) is 2.57. The summed E-state index contributed by atoms with van der Waals surface area (Å²) in [6, 6.07) is 3.24. The minimum atomic E-state index is -0.368. The molecule has 0 fully saturated rings. The Bertz CT molecular complexity index is 546. The molecule has 0 aliphatic heterocycles. The van der Waals surface area contributed by atoms with E-state index < -0.39 is 0 Å². The predicted octanol–water partition coefficient (Wildman–Crippen LogP) is 3.34. The summed E-state index contributed by atoms with van der Waals surface area (Å²) >= 11 is 5.83. The van der Waals surface area contributed by atoms with E-state index in [1.54, 1.807) is 6.07 Å². The van der Waals surface area contributed by atoms with Crippen molar-refractivity contribution in [1.29, 1.82) is 0 Å². The van der Waals surface area contributed by atoms with Gasteiger partial charge in [0.1, 0.15) is 5.82 Å². The van der Waals surface area contributed by atoms with E-state index in [0.29, 0.717) is 6.54 Å². The zero-order valence-corrected chi connectivity index (χ0v) is 10.8. The van der Waals surface area contributed by atoms with Gasteiger partial charge in [-0.3, -0.25) is 0 Å². The molecule has 17 heavy (non-hydrogen) atoms. The lowest BCUT2D eigenvalue weighted by Crippen LogP contribution is -2.21. The first-order valence-electron chi connectivity index (χ1n) is 5.75. The molecule has 0 radical (unpaired) electrons. The quantitative estimate of drug-likeness (QED) is 0.895. The van der Waals surface area contributed by atoms with Crippen LogP contribution in [-0.4, -0.2) is 10.6 Å². The number of halogens is 2. The molecule has 92 valence electrons. The molecule has 0 saturated heterocycles. The average molecular weight is 255 g/mol. The number of benzene rings is 1. The van der Waals surface area contributed by atoms with E-state index in [-0.39, 0.29) is 16.9 Å². The fraction of sp³-hybridized carbons (Fsp3) is 0.385. The van der Waals surface area contributed by atoms with Crippen LogP contribution in [0.15, 0.2) is 18.3 Å². The molecule has 0 amide bonds. The molecule has 2 aromatic rings. The van der Waals surface area contributed by atoms with Gasteiger partial charge in [-0.15, -0.1) is 0 Å². The Labute approximate surface area is 105 Å². The van der Waals surface area contributed by atoms with Crippen LogP contribution < -0.4 is 5.73 Å². The maximum atomic E-state index is 13.5.